The normalized spacial score (nSPS) is 17.3. The molecule has 4 rings (SSSR count). The van der Waals surface area contributed by atoms with E-state index in [4.69, 9.17) is 4.42 Å². The summed E-state index contributed by atoms with van der Waals surface area (Å²) in [5, 5.41) is 0. The van der Waals surface area contributed by atoms with Crippen molar-refractivity contribution >= 4 is 5.91 Å². The highest BCUT2D eigenvalue weighted by Crippen LogP contribution is 2.28. The number of imidazole rings is 1. The van der Waals surface area contributed by atoms with E-state index >= 15 is 0 Å². The molecule has 6 nitrogen and oxygen atoms in total. The molecule has 1 amide bonds. The minimum atomic E-state index is 0.0567. The molecule has 0 unspecified atom stereocenters. The third kappa shape index (κ3) is 3.65. The SMILES string of the molecule is Cc1cc(C(=O)N2CCC[C@@H](c3nccn3Cc3ccncc3)C2)c(C)o1. The number of pyridine rings is 1. The zero-order valence-corrected chi connectivity index (χ0v) is 15.8. The fourth-order valence-electron chi connectivity index (χ4n) is 3.89. The summed E-state index contributed by atoms with van der Waals surface area (Å²) in [5.74, 6) is 2.81. The first-order chi connectivity index (χ1) is 13.1. The quantitative estimate of drug-likeness (QED) is 0.710. The van der Waals surface area contributed by atoms with Crippen molar-refractivity contribution in [3.8, 4) is 0 Å². The average molecular weight is 364 g/mol. The summed E-state index contributed by atoms with van der Waals surface area (Å²) in [6.45, 7) is 5.96. The molecule has 0 N–H and O–H groups in total. The van der Waals surface area contributed by atoms with Crippen LogP contribution in [0.5, 0.6) is 0 Å². The number of carbonyl (C=O) groups excluding carboxylic acids is 1. The summed E-state index contributed by atoms with van der Waals surface area (Å²) in [6, 6.07) is 5.88. The van der Waals surface area contributed by atoms with Crippen LogP contribution in [0.25, 0.3) is 0 Å². The minimum absolute atomic E-state index is 0.0567. The molecule has 1 atom stereocenters. The molecule has 0 saturated carbocycles. The summed E-state index contributed by atoms with van der Waals surface area (Å²) in [5.41, 5.74) is 1.87. The van der Waals surface area contributed by atoms with Gasteiger partial charge in [-0.25, -0.2) is 4.98 Å². The lowest BCUT2D eigenvalue weighted by molar-refractivity contribution is 0.0701. The third-order valence-corrected chi connectivity index (χ3v) is 5.20. The Morgan fingerprint density at radius 1 is 1.26 bits per heavy atom. The highest BCUT2D eigenvalue weighted by molar-refractivity contribution is 5.95. The number of nitrogens with zero attached hydrogens (tertiary/aromatic N) is 4. The van der Waals surface area contributed by atoms with Gasteiger partial charge in [0.2, 0.25) is 0 Å². The van der Waals surface area contributed by atoms with Gasteiger partial charge in [-0.3, -0.25) is 9.78 Å². The fourth-order valence-corrected chi connectivity index (χ4v) is 3.89. The highest BCUT2D eigenvalue weighted by atomic mass is 16.3. The van der Waals surface area contributed by atoms with Gasteiger partial charge < -0.3 is 13.9 Å². The van der Waals surface area contributed by atoms with Gasteiger partial charge in [0.15, 0.2) is 0 Å². The van der Waals surface area contributed by atoms with Crippen molar-refractivity contribution in [2.24, 2.45) is 0 Å². The molecule has 0 aliphatic carbocycles. The maximum atomic E-state index is 13.0. The Morgan fingerprint density at radius 2 is 2.07 bits per heavy atom. The van der Waals surface area contributed by atoms with Crippen molar-refractivity contribution in [2.45, 2.75) is 39.2 Å². The number of amides is 1. The van der Waals surface area contributed by atoms with Gasteiger partial charge in [-0.2, -0.15) is 0 Å². The minimum Gasteiger partial charge on any atom is -0.466 e. The van der Waals surface area contributed by atoms with Gasteiger partial charge in [-0.05, 0) is 50.5 Å². The first-order valence-corrected chi connectivity index (χ1v) is 9.38. The molecule has 3 aromatic rings. The molecular weight excluding hydrogens is 340 g/mol. The smallest absolute Gasteiger partial charge is 0.257 e. The largest absolute Gasteiger partial charge is 0.466 e. The molecule has 0 spiro atoms. The number of carbonyl (C=O) groups is 1. The highest BCUT2D eigenvalue weighted by Gasteiger charge is 2.29. The Labute approximate surface area is 158 Å². The Kier molecular flexibility index (Phi) is 4.79. The molecule has 1 aliphatic rings. The van der Waals surface area contributed by atoms with Crippen LogP contribution in [-0.2, 0) is 6.54 Å². The van der Waals surface area contributed by atoms with Gasteiger partial charge in [0.1, 0.15) is 17.3 Å². The van der Waals surface area contributed by atoms with E-state index in [1.54, 1.807) is 0 Å². The second-order valence-corrected chi connectivity index (χ2v) is 7.19. The summed E-state index contributed by atoms with van der Waals surface area (Å²) in [6.07, 6.45) is 9.50. The van der Waals surface area contributed by atoms with E-state index in [9.17, 15) is 4.79 Å². The maximum absolute atomic E-state index is 13.0. The van der Waals surface area contributed by atoms with E-state index in [-0.39, 0.29) is 11.8 Å². The Bertz CT molecular complexity index is 929. The van der Waals surface area contributed by atoms with Crippen LogP contribution in [0.3, 0.4) is 0 Å². The number of likely N-dealkylation sites (tertiary alicyclic amines) is 1. The van der Waals surface area contributed by atoms with Gasteiger partial charge in [-0.15, -0.1) is 0 Å². The van der Waals surface area contributed by atoms with E-state index in [0.717, 1.165) is 37.5 Å². The fraction of sp³-hybridized carbons (Fsp3) is 0.381. The molecule has 3 aromatic heterocycles. The van der Waals surface area contributed by atoms with Crippen molar-refractivity contribution in [1.29, 1.82) is 0 Å². The van der Waals surface area contributed by atoms with E-state index in [0.29, 0.717) is 17.9 Å². The molecule has 140 valence electrons. The molecule has 0 bridgehead atoms. The first kappa shape index (κ1) is 17.5. The summed E-state index contributed by atoms with van der Waals surface area (Å²) in [7, 11) is 0. The van der Waals surface area contributed by atoms with E-state index in [2.05, 4.69) is 14.5 Å². The molecule has 0 aromatic carbocycles. The number of aromatic nitrogens is 3. The summed E-state index contributed by atoms with van der Waals surface area (Å²) < 4.78 is 7.72. The Balaban J connectivity index is 1.51. The van der Waals surface area contributed by atoms with Crippen LogP contribution in [0.4, 0.5) is 0 Å². The lowest BCUT2D eigenvalue weighted by Gasteiger charge is -2.32. The van der Waals surface area contributed by atoms with Crippen LogP contribution >= 0.6 is 0 Å². The number of furan rings is 1. The summed E-state index contributed by atoms with van der Waals surface area (Å²) in [4.78, 5) is 23.6. The van der Waals surface area contributed by atoms with E-state index < -0.39 is 0 Å². The molecule has 27 heavy (non-hydrogen) atoms. The van der Waals surface area contributed by atoms with Crippen molar-refractivity contribution in [3.63, 3.8) is 0 Å². The molecule has 6 heteroatoms. The molecule has 4 heterocycles. The van der Waals surface area contributed by atoms with Crippen LogP contribution in [-0.4, -0.2) is 38.4 Å². The Morgan fingerprint density at radius 3 is 2.81 bits per heavy atom. The van der Waals surface area contributed by atoms with Crippen molar-refractivity contribution in [1.82, 2.24) is 19.4 Å². The van der Waals surface area contributed by atoms with E-state index in [1.807, 2.05) is 61.7 Å². The zero-order chi connectivity index (χ0) is 18.8. The predicted octanol–water partition coefficient (Wildman–Crippen LogP) is 3.56. The van der Waals surface area contributed by atoms with Crippen molar-refractivity contribution in [2.75, 3.05) is 13.1 Å². The molecular formula is C21H24N4O2. The molecule has 1 fully saturated rings. The standard InChI is InChI=1S/C21H24N4O2/c1-15-12-19(16(2)27-15)21(26)25-10-3-4-18(14-25)20-23-9-11-24(20)13-17-5-7-22-8-6-17/h5-9,11-12,18H,3-4,10,13-14H2,1-2H3/t18-/m1/s1. The molecule has 1 saturated heterocycles. The Hall–Kier alpha value is -2.89. The second kappa shape index (κ2) is 7.39. The average Bonchev–Trinajstić information content (AvgIpc) is 3.28. The van der Waals surface area contributed by atoms with Crippen LogP contribution in [0.2, 0.25) is 0 Å². The van der Waals surface area contributed by atoms with Gasteiger partial charge in [0, 0.05) is 50.3 Å². The number of aryl methyl sites for hydroxylation is 2. The number of hydrogen-bond acceptors (Lipinski definition) is 4. The van der Waals surface area contributed by atoms with Crippen molar-refractivity contribution in [3.05, 3.63) is 71.5 Å². The van der Waals surface area contributed by atoms with Crippen LogP contribution in [0.1, 0.15) is 52.0 Å². The molecule has 1 aliphatic heterocycles. The van der Waals surface area contributed by atoms with Crippen LogP contribution < -0.4 is 0 Å². The van der Waals surface area contributed by atoms with Crippen LogP contribution in [0, 0.1) is 13.8 Å². The van der Waals surface area contributed by atoms with Gasteiger partial charge >= 0.3 is 0 Å². The summed E-state index contributed by atoms with van der Waals surface area (Å²) >= 11 is 0. The number of hydrogen-bond donors (Lipinski definition) is 0. The lowest BCUT2D eigenvalue weighted by Crippen LogP contribution is -2.39. The van der Waals surface area contributed by atoms with Gasteiger partial charge in [-0.1, -0.05) is 0 Å². The third-order valence-electron chi connectivity index (χ3n) is 5.20. The van der Waals surface area contributed by atoms with E-state index in [1.165, 1.54) is 5.56 Å². The monoisotopic (exact) mass is 364 g/mol. The van der Waals surface area contributed by atoms with Gasteiger partial charge in [0.05, 0.1) is 5.56 Å². The number of piperidine rings is 1. The maximum Gasteiger partial charge on any atom is 0.257 e. The first-order valence-electron chi connectivity index (χ1n) is 9.38. The predicted molar refractivity (Wildman–Crippen MR) is 102 cm³/mol. The van der Waals surface area contributed by atoms with Crippen molar-refractivity contribution < 1.29 is 9.21 Å². The lowest BCUT2D eigenvalue weighted by atomic mass is 9.96. The topological polar surface area (TPSA) is 64.2 Å². The van der Waals surface area contributed by atoms with Crippen LogP contribution in [0.15, 0.2) is 47.4 Å². The molecule has 0 radical (unpaired) electrons. The zero-order valence-electron chi connectivity index (χ0n) is 15.8. The second-order valence-electron chi connectivity index (χ2n) is 7.19. The van der Waals surface area contributed by atoms with Gasteiger partial charge in [0.25, 0.3) is 5.91 Å². The number of rotatable bonds is 4.